The van der Waals surface area contributed by atoms with Gasteiger partial charge in [-0.2, -0.15) is 0 Å². The van der Waals surface area contributed by atoms with Crippen LogP contribution in [0, 0.1) is 5.92 Å². The second-order valence-corrected chi connectivity index (χ2v) is 2.20. The molecule has 0 radical (unpaired) electrons. The van der Waals surface area contributed by atoms with E-state index in [4.69, 9.17) is 5.73 Å². The Morgan fingerprint density at radius 2 is 2.00 bits per heavy atom. The van der Waals surface area contributed by atoms with Crippen molar-refractivity contribution in [2.45, 2.75) is 25.8 Å². The third-order valence-electron chi connectivity index (χ3n) is 1.37. The minimum Gasteiger partial charge on any atom is -0.328 e. The van der Waals surface area contributed by atoms with Crippen LogP contribution in [0.15, 0.2) is 0 Å². The van der Waals surface area contributed by atoms with Crippen LogP contribution in [0.25, 0.3) is 0 Å². The molecule has 0 aromatic rings. The third kappa shape index (κ3) is 2.15. The zero-order valence-electron chi connectivity index (χ0n) is 4.55. The highest BCUT2D eigenvalue weighted by atomic mass is 35.5. The molecule has 0 aromatic carbocycles. The normalized spacial score (nSPS) is 23.1. The van der Waals surface area contributed by atoms with Crippen LogP contribution in [-0.4, -0.2) is 6.04 Å². The molecule has 0 aliphatic heterocycles. The first kappa shape index (κ1) is 7.25. The van der Waals surface area contributed by atoms with Crippen LogP contribution in [0.1, 0.15) is 19.8 Å². The summed E-state index contributed by atoms with van der Waals surface area (Å²) < 4.78 is 0. The predicted octanol–water partition coefficient (Wildman–Crippen LogP) is 1.17. The second-order valence-electron chi connectivity index (χ2n) is 2.20. The van der Waals surface area contributed by atoms with Gasteiger partial charge in [0.25, 0.3) is 0 Å². The fourth-order valence-electron chi connectivity index (χ4n) is 0.622. The summed E-state index contributed by atoms with van der Waals surface area (Å²) in [6.45, 7) is 2.08. The molecular formula is C5H12ClN. The molecule has 0 amide bonds. The third-order valence-corrected chi connectivity index (χ3v) is 1.37. The lowest BCUT2D eigenvalue weighted by Crippen LogP contribution is -2.16. The van der Waals surface area contributed by atoms with Crippen LogP contribution < -0.4 is 5.73 Å². The monoisotopic (exact) mass is 121 g/mol. The molecule has 1 rings (SSSR count). The highest BCUT2D eigenvalue weighted by Gasteiger charge is 2.24. The molecule has 1 aliphatic carbocycles. The zero-order valence-corrected chi connectivity index (χ0v) is 5.37. The second kappa shape index (κ2) is 2.53. The van der Waals surface area contributed by atoms with E-state index in [1.54, 1.807) is 0 Å². The Morgan fingerprint density at radius 1 is 1.57 bits per heavy atom. The fourth-order valence-corrected chi connectivity index (χ4v) is 0.622. The van der Waals surface area contributed by atoms with E-state index < -0.39 is 0 Å². The SMILES string of the molecule is C[C@H](N)C1CC1.Cl. The van der Waals surface area contributed by atoms with Crippen molar-refractivity contribution in [2.24, 2.45) is 11.7 Å². The molecule has 0 saturated heterocycles. The summed E-state index contributed by atoms with van der Waals surface area (Å²) in [7, 11) is 0. The highest BCUT2D eigenvalue weighted by molar-refractivity contribution is 5.85. The maximum atomic E-state index is 5.50. The molecule has 1 aliphatic rings. The summed E-state index contributed by atoms with van der Waals surface area (Å²) in [4.78, 5) is 0. The molecule has 0 bridgehead atoms. The van der Waals surface area contributed by atoms with Crippen LogP contribution in [-0.2, 0) is 0 Å². The van der Waals surface area contributed by atoms with Crippen molar-refractivity contribution in [1.29, 1.82) is 0 Å². The van der Waals surface area contributed by atoms with Gasteiger partial charge in [0, 0.05) is 6.04 Å². The molecule has 1 fully saturated rings. The molecule has 2 N–H and O–H groups in total. The van der Waals surface area contributed by atoms with Gasteiger partial charge in [-0.25, -0.2) is 0 Å². The number of nitrogens with two attached hydrogens (primary N) is 1. The Hall–Kier alpha value is 0.250. The van der Waals surface area contributed by atoms with Crippen LogP contribution in [0.2, 0.25) is 0 Å². The van der Waals surface area contributed by atoms with Gasteiger partial charge in [0.2, 0.25) is 0 Å². The van der Waals surface area contributed by atoms with Gasteiger partial charge in [0.1, 0.15) is 0 Å². The number of hydrogen-bond donors (Lipinski definition) is 1. The van der Waals surface area contributed by atoms with Crippen LogP contribution in [0.3, 0.4) is 0 Å². The van der Waals surface area contributed by atoms with Gasteiger partial charge in [0.05, 0.1) is 0 Å². The molecule has 0 heterocycles. The van der Waals surface area contributed by atoms with Crippen LogP contribution in [0.4, 0.5) is 0 Å². The van der Waals surface area contributed by atoms with E-state index in [2.05, 4.69) is 6.92 Å². The first-order valence-electron chi connectivity index (χ1n) is 2.56. The lowest BCUT2D eigenvalue weighted by Gasteiger charge is -1.95. The Morgan fingerprint density at radius 3 is 2.00 bits per heavy atom. The average Bonchev–Trinajstić information content (AvgIpc) is 2.06. The van der Waals surface area contributed by atoms with Gasteiger partial charge in [-0.05, 0) is 25.7 Å². The summed E-state index contributed by atoms with van der Waals surface area (Å²) in [5.41, 5.74) is 5.50. The molecule has 44 valence electrons. The van der Waals surface area contributed by atoms with E-state index in [1.165, 1.54) is 12.8 Å². The van der Waals surface area contributed by atoms with E-state index in [0.717, 1.165) is 5.92 Å². The van der Waals surface area contributed by atoms with E-state index in [0.29, 0.717) is 6.04 Å². The van der Waals surface area contributed by atoms with Gasteiger partial charge >= 0.3 is 0 Å². The van der Waals surface area contributed by atoms with Gasteiger partial charge < -0.3 is 5.73 Å². The molecule has 1 saturated carbocycles. The standard InChI is InChI=1S/C5H11N.ClH/c1-4(6)5-2-3-5;/h4-5H,2-3,6H2,1H3;1H/t4-;/m0./s1. The first-order valence-corrected chi connectivity index (χ1v) is 2.56. The van der Waals surface area contributed by atoms with Crippen LogP contribution in [0.5, 0.6) is 0 Å². The zero-order chi connectivity index (χ0) is 4.57. The molecule has 0 unspecified atom stereocenters. The van der Waals surface area contributed by atoms with Crippen molar-refractivity contribution in [2.75, 3.05) is 0 Å². The van der Waals surface area contributed by atoms with E-state index in [9.17, 15) is 0 Å². The van der Waals surface area contributed by atoms with Crippen molar-refractivity contribution in [3.05, 3.63) is 0 Å². The molecular weight excluding hydrogens is 110 g/mol. The molecule has 0 aromatic heterocycles. The van der Waals surface area contributed by atoms with E-state index in [1.807, 2.05) is 0 Å². The Kier molecular flexibility index (Phi) is 2.62. The maximum absolute atomic E-state index is 5.50. The maximum Gasteiger partial charge on any atom is 0.00387 e. The van der Waals surface area contributed by atoms with Gasteiger partial charge in [-0.1, -0.05) is 0 Å². The first-order chi connectivity index (χ1) is 2.80. The van der Waals surface area contributed by atoms with Crippen molar-refractivity contribution < 1.29 is 0 Å². The van der Waals surface area contributed by atoms with Crippen molar-refractivity contribution in [3.8, 4) is 0 Å². The Bertz CT molecular complexity index is 50.0. The van der Waals surface area contributed by atoms with Gasteiger partial charge in [-0.3, -0.25) is 0 Å². The number of rotatable bonds is 1. The number of hydrogen-bond acceptors (Lipinski definition) is 1. The minimum atomic E-state index is 0. The van der Waals surface area contributed by atoms with Gasteiger partial charge in [-0.15, -0.1) is 12.4 Å². The fraction of sp³-hybridized carbons (Fsp3) is 1.00. The smallest absolute Gasteiger partial charge is 0.00387 e. The predicted molar refractivity (Wildman–Crippen MR) is 33.6 cm³/mol. The molecule has 2 heteroatoms. The summed E-state index contributed by atoms with van der Waals surface area (Å²) in [5, 5.41) is 0. The minimum absolute atomic E-state index is 0. The van der Waals surface area contributed by atoms with Crippen molar-refractivity contribution in [3.63, 3.8) is 0 Å². The number of halogens is 1. The Balaban J connectivity index is 0.000000360. The molecule has 1 atom stereocenters. The van der Waals surface area contributed by atoms with E-state index in [-0.39, 0.29) is 12.4 Å². The Labute approximate surface area is 50.7 Å². The van der Waals surface area contributed by atoms with Crippen LogP contribution >= 0.6 is 12.4 Å². The highest BCUT2D eigenvalue weighted by Crippen LogP contribution is 2.30. The lowest BCUT2D eigenvalue weighted by molar-refractivity contribution is 0.650. The van der Waals surface area contributed by atoms with Crippen molar-refractivity contribution in [1.82, 2.24) is 0 Å². The molecule has 7 heavy (non-hydrogen) atoms. The largest absolute Gasteiger partial charge is 0.328 e. The summed E-state index contributed by atoms with van der Waals surface area (Å²) in [6, 6.07) is 0.463. The molecule has 0 spiro atoms. The summed E-state index contributed by atoms with van der Waals surface area (Å²) >= 11 is 0. The van der Waals surface area contributed by atoms with E-state index >= 15 is 0 Å². The topological polar surface area (TPSA) is 26.0 Å². The quantitative estimate of drug-likeness (QED) is 0.554. The summed E-state index contributed by atoms with van der Waals surface area (Å²) in [6.07, 6.45) is 2.75. The lowest BCUT2D eigenvalue weighted by atomic mass is 10.2. The average molecular weight is 122 g/mol. The van der Waals surface area contributed by atoms with Crippen molar-refractivity contribution >= 4 is 12.4 Å². The molecule has 1 nitrogen and oxygen atoms in total. The summed E-state index contributed by atoms with van der Waals surface area (Å²) in [5.74, 6) is 0.880. The van der Waals surface area contributed by atoms with Gasteiger partial charge in [0.15, 0.2) is 0 Å².